The molecule has 0 bridgehead atoms. The lowest BCUT2D eigenvalue weighted by molar-refractivity contribution is 0.419. The van der Waals surface area contributed by atoms with Crippen LogP contribution in [0.15, 0.2) is 47.9 Å². The van der Waals surface area contributed by atoms with E-state index in [0.717, 1.165) is 28.6 Å². The Morgan fingerprint density at radius 2 is 1.60 bits per heavy atom. The summed E-state index contributed by atoms with van der Waals surface area (Å²) in [5.41, 5.74) is 2.50. The van der Waals surface area contributed by atoms with Crippen molar-refractivity contribution in [3.05, 3.63) is 65.0 Å². The molecule has 0 saturated heterocycles. The maximum Gasteiger partial charge on any atom is 0.141 e. The summed E-state index contributed by atoms with van der Waals surface area (Å²) in [4.78, 5) is 9.18. The van der Waals surface area contributed by atoms with Gasteiger partial charge in [-0.05, 0) is 31.2 Å². The summed E-state index contributed by atoms with van der Waals surface area (Å²) in [6, 6.07) is 0. The zero-order chi connectivity index (χ0) is 18.2. The normalized spacial score (nSPS) is 20.2. The fraction of sp³-hybridized carbons (Fsp3) is 0.333. The third kappa shape index (κ3) is 4.08. The highest BCUT2D eigenvalue weighted by Gasteiger charge is 2.19. The van der Waals surface area contributed by atoms with E-state index in [4.69, 9.17) is 0 Å². The molecule has 1 heterocycles. The Balaban J connectivity index is 2.03. The first-order valence-corrected chi connectivity index (χ1v) is 8.50. The molecule has 0 unspecified atom stereocenters. The largest absolute Gasteiger partial charge is 0.508 e. The molecule has 0 aliphatic heterocycles. The van der Waals surface area contributed by atoms with Crippen LogP contribution >= 0.6 is 0 Å². The zero-order valence-corrected chi connectivity index (χ0v) is 15.5. The second-order valence-electron chi connectivity index (χ2n) is 7.85. The van der Waals surface area contributed by atoms with E-state index >= 15 is 0 Å². The molecule has 0 atom stereocenters. The van der Waals surface area contributed by atoms with Crippen molar-refractivity contribution in [2.75, 3.05) is 5.32 Å². The minimum absolute atomic E-state index is 0.0228. The first-order valence-electron chi connectivity index (χ1n) is 8.50. The Morgan fingerprint density at radius 1 is 0.880 bits per heavy atom. The third-order valence-corrected chi connectivity index (χ3v) is 4.18. The van der Waals surface area contributed by atoms with E-state index in [9.17, 15) is 5.11 Å². The Bertz CT molecular complexity index is 852. The van der Waals surface area contributed by atoms with Crippen LogP contribution in [0, 0.1) is 17.8 Å². The van der Waals surface area contributed by atoms with Crippen molar-refractivity contribution in [3.8, 4) is 0 Å². The highest BCUT2D eigenvalue weighted by Crippen LogP contribution is 2.32. The number of aliphatic hydroxyl groups excluding tert-OH is 1. The minimum Gasteiger partial charge on any atom is -0.508 e. The Labute approximate surface area is 149 Å². The molecule has 0 fully saturated rings. The van der Waals surface area contributed by atoms with Crippen LogP contribution in [0.5, 0.6) is 0 Å². The van der Waals surface area contributed by atoms with Gasteiger partial charge in [-0.1, -0.05) is 52.0 Å². The van der Waals surface area contributed by atoms with Crippen LogP contribution in [-0.2, 0) is 0 Å². The van der Waals surface area contributed by atoms with Gasteiger partial charge in [-0.3, -0.25) is 0 Å². The second-order valence-corrected chi connectivity index (χ2v) is 7.85. The monoisotopic (exact) mass is 335 g/mol. The number of aryl methyl sites for hydroxylation is 1. The first-order chi connectivity index (χ1) is 11.6. The summed E-state index contributed by atoms with van der Waals surface area (Å²) in [5, 5.41) is 13.3. The van der Waals surface area contributed by atoms with Crippen LogP contribution in [-0.4, -0.2) is 15.1 Å². The summed E-state index contributed by atoms with van der Waals surface area (Å²) >= 11 is 0. The van der Waals surface area contributed by atoms with Crippen LogP contribution in [0.4, 0.5) is 5.82 Å². The van der Waals surface area contributed by atoms with Gasteiger partial charge in [0.25, 0.3) is 0 Å². The van der Waals surface area contributed by atoms with Crippen molar-refractivity contribution in [2.45, 2.75) is 34.6 Å². The number of hydrogen-bond acceptors (Lipinski definition) is 4. The van der Waals surface area contributed by atoms with Crippen LogP contribution < -0.4 is 5.32 Å². The van der Waals surface area contributed by atoms with Crippen molar-refractivity contribution in [2.24, 2.45) is 10.8 Å². The summed E-state index contributed by atoms with van der Waals surface area (Å²) in [5.74, 6) is 1.76. The van der Waals surface area contributed by atoms with Gasteiger partial charge in [-0.2, -0.15) is 0 Å². The molecule has 1 aromatic rings. The Morgan fingerprint density at radius 3 is 2.36 bits per heavy atom. The highest BCUT2D eigenvalue weighted by molar-refractivity contribution is 5.75. The molecule has 25 heavy (non-hydrogen) atoms. The van der Waals surface area contributed by atoms with E-state index in [0.29, 0.717) is 0 Å². The van der Waals surface area contributed by atoms with Gasteiger partial charge in [-0.15, -0.1) is 0 Å². The van der Waals surface area contributed by atoms with E-state index in [1.54, 1.807) is 6.08 Å². The van der Waals surface area contributed by atoms with Gasteiger partial charge in [0.15, 0.2) is 0 Å². The first kappa shape index (κ1) is 17.2. The average Bonchev–Trinajstić information content (AvgIpc) is 2.70. The summed E-state index contributed by atoms with van der Waals surface area (Å²) in [7, 11) is 0. The molecule has 4 heteroatoms. The van der Waals surface area contributed by atoms with Crippen LogP contribution in [0.1, 0.15) is 44.8 Å². The van der Waals surface area contributed by atoms with Crippen molar-refractivity contribution in [1.29, 1.82) is 0 Å². The fourth-order valence-electron chi connectivity index (χ4n) is 2.95. The SMILES string of the molecule is Cc1nc2c(c(NC3=CC(C)(C)C=C(O)C=C3)n1)C=CC(C)(C)C=C2. The molecule has 4 nitrogen and oxygen atoms in total. The Hall–Kier alpha value is -2.62. The van der Waals surface area contributed by atoms with Gasteiger partial charge < -0.3 is 10.4 Å². The molecule has 0 radical (unpaired) electrons. The lowest BCUT2D eigenvalue weighted by atomic mass is 9.92. The van der Waals surface area contributed by atoms with Gasteiger partial charge in [0.05, 0.1) is 5.69 Å². The van der Waals surface area contributed by atoms with E-state index in [-0.39, 0.29) is 16.6 Å². The summed E-state index contributed by atoms with van der Waals surface area (Å²) in [6.07, 6.45) is 15.9. The van der Waals surface area contributed by atoms with Crippen molar-refractivity contribution in [3.63, 3.8) is 0 Å². The van der Waals surface area contributed by atoms with Crippen molar-refractivity contribution < 1.29 is 5.11 Å². The molecule has 0 amide bonds. The number of nitrogens with one attached hydrogen (secondary N) is 1. The molecule has 0 spiro atoms. The Kier molecular flexibility index (Phi) is 4.15. The maximum absolute atomic E-state index is 9.91. The summed E-state index contributed by atoms with van der Waals surface area (Å²) in [6.45, 7) is 10.3. The standard InChI is InChI=1S/C21H25N3O/c1-14-22-18-9-11-20(2,3)10-8-17(18)19(23-14)24-15-6-7-16(25)13-21(4,5)12-15/h6-13,25H,1-5H3,(H,22,23,24). The third-order valence-electron chi connectivity index (χ3n) is 4.18. The van der Waals surface area contributed by atoms with Gasteiger partial charge >= 0.3 is 0 Å². The number of hydrogen-bond donors (Lipinski definition) is 2. The lowest BCUT2D eigenvalue weighted by Gasteiger charge is -2.17. The number of nitrogens with zero attached hydrogens (tertiary/aromatic N) is 2. The van der Waals surface area contributed by atoms with Crippen LogP contribution in [0.2, 0.25) is 0 Å². The van der Waals surface area contributed by atoms with Crippen LogP contribution in [0.3, 0.4) is 0 Å². The molecule has 0 saturated carbocycles. The average molecular weight is 335 g/mol. The number of fused-ring (bicyclic) bond motifs is 1. The smallest absolute Gasteiger partial charge is 0.141 e. The van der Waals surface area contributed by atoms with E-state index in [1.807, 2.05) is 19.1 Å². The van der Waals surface area contributed by atoms with Crippen LogP contribution in [0.25, 0.3) is 12.2 Å². The van der Waals surface area contributed by atoms with E-state index < -0.39 is 0 Å². The second kappa shape index (κ2) is 6.03. The number of aliphatic hydroxyl groups is 1. The summed E-state index contributed by atoms with van der Waals surface area (Å²) < 4.78 is 0. The number of anilines is 1. The quantitative estimate of drug-likeness (QED) is 0.781. The van der Waals surface area contributed by atoms with Gasteiger partial charge in [-0.25, -0.2) is 9.97 Å². The van der Waals surface area contributed by atoms with Gasteiger partial charge in [0.1, 0.15) is 17.4 Å². The van der Waals surface area contributed by atoms with E-state index in [2.05, 4.69) is 73.4 Å². The number of aromatic nitrogens is 2. The number of rotatable bonds is 2. The molecule has 1 aromatic heterocycles. The molecular formula is C21H25N3O. The zero-order valence-electron chi connectivity index (χ0n) is 15.5. The van der Waals surface area contributed by atoms with Crippen molar-refractivity contribution in [1.82, 2.24) is 9.97 Å². The topological polar surface area (TPSA) is 58.0 Å². The molecule has 2 aliphatic rings. The molecule has 2 N–H and O–H groups in total. The molecule has 3 rings (SSSR count). The van der Waals surface area contributed by atoms with Gasteiger partial charge in [0.2, 0.25) is 0 Å². The predicted octanol–water partition coefficient (Wildman–Crippen LogP) is 5.18. The lowest BCUT2D eigenvalue weighted by Crippen LogP contribution is -2.09. The maximum atomic E-state index is 9.91. The highest BCUT2D eigenvalue weighted by atomic mass is 16.3. The predicted molar refractivity (Wildman–Crippen MR) is 104 cm³/mol. The fourth-order valence-corrected chi connectivity index (χ4v) is 2.95. The van der Waals surface area contributed by atoms with Crippen molar-refractivity contribution >= 4 is 18.0 Å². The minimum atomic E-state index is -0.257. The van der Waals surface area contributed by atoms with Gasteiger partial charge in [0, 0.05) is 22.1 Å². The molecule has 130 valence electrons. The molecular weight excluding hydrogens is 310 g/mol. The molecule has 2 aliphatic carbocycles. The number of allylic oxidation sites excluding steroid dienone is 6. The molecule has 0 aromatic carbocycles. The van der Waals surface area contributed by atoms with E-state index in [1.165, 1.54) is 0 Å².